The fourth-order valence-corrected chi connectivity index (χ4v) is 2.83. The summed E-state index contributed by atoms with van der Waals surface area (Å²) in [6.07, 6.45) is 0. The van der Waals surface area contributed by atoms with Gasteiger partial charge in [-0.1, -0.05) is 5.11 Å². The van der Waals surface area contributed by atoms with Gasteiger partial charge in [-0.15, -0.1) is 3.89 Å². The van der Waals surface area contributed by atoms with Crippen molar-refractivity contribution in [3.8, 4) is 0 Å². The highest BCUT2D eigenvalue weighted by molar-refractivity contribution is 7.86. The van der Waals surface area contributed by atoms with Crippen molar-refractivity contribution >= 4 is 15.9 Å². The van der Waals surface area contributed by atoms with Gasteiger partial charge in [0.2, 0.25) is 0 Å². The second kappa shape index (κ2) is 6.40. The van der Waals surface area contributed by atoms with E-state index in [1.54, 1.807) is 6.92 Å². The van der Waals surface area contributed by atoms with Crippen molar-refractivity contribution in [1.82, 2.24) is 10.2 Å². The van der Waals surface area contributed by atoms with Crippen molar-refractivity contribution in [3.63, 3.8) is 0 Å². The van der Waals surface area contributed by atoms with E-state index in [9.17, 15) is 12.3 Å². The Morgan fingerprint density at radius 2 is 2.10 bits per heavy atom. The third-order valence-corrected chi connectivity index (χ3v) is 4.30. The van der Waals surface area contributed by atoms with Crippen LogP contribution < -0.4 is 5.32 Å². The Labute approximate surface area is 122 Å². The lowest BCUT2D eigenvalue weighted by atomic mass is 10.1. The van der Waals surface area contributed by atoms with Crippen LogP contribution in [-0.2, 0) is 16.8 Å². The summed E-state index contributed by atoms with van der Waals surface area (Å²) in [7, 11) is -4.84. The number of hydrogen-bond donors (Lipinski definition) is 1. The lowest BCUT2D eigenvalue weighted by Gasteiger charge is -2.28. The van der Waals surface area contributed by atoms with Gasteiger partial charge >= 0.3 is 10.2 Å². The van der Waals surface area contributed by atoms with Gasteiger partial charge in [0.1, 0.15) is 0 Å². The van der Waals surface area contributed by atoms with Crippen molar-refractivity contribution < 1.29 is 12.3 Å². The van der Waals surface area contributed by atoms with Crippen LogP contribution >= 0.6 is 0 Å². The van der Waals surface area contributed by atoms with Crippen LogP contribution in [0.3, 0.4) is 0 Å². The quantitative estimate of drug-likeness (QED) is 0.398. The van der Waals surface area contributed by atoms with E-state index >= 15 is 0 Å². The third kappa shape index (κ3) is 3.92. The van der Waals surface area contributed by atoms with Gasteiger partial charge in [0.05, 0.1) is 4.90 Å². The Morgan fingerprint density at radius 3 is 2.67 bits per heavy atom. The molecule has 21 heavy (non-hydrogen) atoms. The molecule has 0 aliphatic carbocycles. The Hall–Kier alpha value is -1.67. The first-order valence-corrected chi connectivity index (χ1v) is 7.86. The number of hydrogen-bond acceptors (Lipinski definition) is 5. The van der Waals surface area contributed by atoms with Crippen molar-refractivity contribution in [1.29, 1.82) is 0 Å². The fraction of sp³-hybridized carbons (Fsp3) is 0.500. The van der Waals surface area contributed by atoms with E-state index in [0.717, 1.165) is 32.2 Å². The number of nitrogens with zero attached hydrogens (tertiary/aromatic N) is 4. The largest absolute Gasteiger partial charge is 0.332 e. The van der Waals surface area contributed by atoms with Gasteiger partial charge in [-0.2, -0.15) is 8.42 Å². The molecular formula is C12H16FN5O2S. The molecule has 1 aliphatic heterocycles. The van der Waals surface area contributed by atoms with Gasteiger partial charge in [-0.05, 0) is 35.7 Å². The van der Waals surface area contributed by atoms with E-state index in [1.165, 1.54) is 6.07 Å². The van der Waals surface area contributed by atoms with Gasteiger partial charge in [0.15, 0.2) is 0 Å². The number of azide groups is 1. The molecular weight excluding hydrogens is 297 g/mol. The number of halogens is 1. The zero-order chi connectivity index (χ0) is 15.5. The monoisotopic (exact) mass is 313 g/mol. The first-order chi connectivity index (χ1) is 9.91. The SMILES string of the molecule is Cc1c(CN2CCNCC2)cc(S(=O)(=O)F)cc1N=[N+]=[N-]. The van der Waals surface area contributed by atoms with Crippen LogP contribution in [0.15, 0.2) is 22.1 Å². The maximum Gasteiger partial charge on any atom is 0.332 e. The van der Waals surface area contributed by atoms with Crippen molar-refractivity contribution in [3.05, 3.63) is 33.7 Å². The number of piperazine rings is 1. The molecule has 9 heteroatoms. The molecule has 1 aromatic rings. The summed E-state index contributed by atoms with van der Waals surface area (Å²) >= 11 is 0. The Balaban J connectivity index is 2.42. The molecule has 1 aromatic carbocycles. The predicted octanol–water partition coefficient (Wildman–Crippen LogP) is 2.00. The van der Waals surface area contributed by atoms with Crippen LogP contribution in [0.2, 0.25) is 0 Å². The minimum Gasteiger partial charge on any atom is -0.314 e. The molecule has 1 fully saturated rings. The summed E-state index contributed by atoms with van der Waals surface area (Å²) in [6.45, 7) is 5.57. The summed E-state index contributed by atoms with van der Waals surface area (Å²) in [4.78, 5) is 4.32. The van der Waals surface area contributed by atoms with Gasteiger partial charge in [-0.3, -0.25) is 4.90 Å². The van der Waals surface area contributed by atoms with E-state index in [1.807, 2.05) is 0 Å². The Morgan fingerprint density at radius 1 is 1.43 bits per heavy atom. The second-order valence-electron chi connectivity index (χ2n) is 4.88. The minimum atomic E-state index is -4.84. The molecule has 1 aliphatic rings. The van der Waals surface area contributed by atoms with Crippen molar-refractivity contribution in [2.75, 3.05) is 26.2 Å². The fourth-order valence-electron chi connectivity index (χ4n) is 2.30. The molecule has 0 saturated carbocycles. The number of nitrogens with one attached hydrogen (secondary N) is 1. The van der Waals surface area contributed by atoms with Crippen LogP contribution in [0, 0.1) is 6.92 Å². The molecule has 0 radical (unpaired) electrons. The minimum absolute atomic E-state index is 0.140. The van der Waals surface area contributed by atoms with Gasteiger partial charge in [0, 0.05) is 43.3 Å². The van der Waals surface area contributed by atoms with E-state index in [-0.39, 0.29) is 5.69 Å². The third-order valence-electron chi connectivity index (χ3n) is 3.50. The molecule has 1 heterocycles. The van der Waals surface area contributed by atoms with Gasteiger partial charge in [-0.25, -0.2) is 0 Å². The second-order valence-corrected chi connectivity index (χ2v) is 6.23. The van der Waals surface area contributed by atoms with Crippen LogP contribution in [0.4, 0.5) is 9.57 Å². The lowest BCUT2D eigenvalue weighted by Crippen LogP contribution is -2.43. The van der Waals surface area contributed by atoms with Crippen LogP contribution in [0.25, 0.3) is 10.4 Å². The molecule has 2 rings (SSSR count). The molecule has 0 amide bonds. The number of rotatable bonds is 4. The molecule has 114 valence electrons. The van der Waals surface area contributed by atoms with Crippen LogP contribution in [0.1, 0.15) is 11.1 Å². The maximum absolute atomic E-state index is 13.2. The summed E-state index contributed by atoms with van der Waals surface area (Å²) < 4.78 is 35.5. The van der Waals surface area contributed by atoms with Crippen molar-refractivity contribution in [2.45, 2.75) is 18.4 Å². The highest BCUT2D eigenvalue weighted by Crippen LogP contribution is 2.29. The molecule has 1 N–H and O–H groups in total. The Kier molecular flexibility index (Phi) is 4.79. The normalized spacial score (nSPS) is 16.5. The zero-order valence-corrected chi connectivity index (χ0v) is 12.4. The topological polar surface area (TPSA) is 98.2 Å². The van der Waals surface area contributed by atoms with E-state index in [4.69, 9.17) is 5.53 Å². The Bertz CT molecular complexity index is 679. The summed E-state index contributed by atoms with van der Waals surface area (Å²) in [5.74, 6) is 0. The lowest BCUT2D eigenvalue weighted by molar-refractivity contribution is 0.232. The van der Waals surface area contributed by atoms with Crippen LogP contribution in [-0.4, -0.2) is 39.5 Å². The molecule has 1 saturated heterocycles. The summed E-state index contributed by atoms with van der Waals surface area (Å²) in [5, 5.41) is 6.67. The zero-order valence-electron chi connectivity index (χ0n) is 11.6. The number of benzene rings is 1. The predicted molar refractivity (Wildman–Crippen MR) is 76.4 cm³/mol. The molecule has 0 spiro atoms. The molecule has 0 aromatic heterocycles. The molecule has 0 bridgehead atoms. The van der Waals surface area contributed by atoms with E-state index in [2.05, 4.69) is 20.2 Å². The molecule has 0 unspecified atom stereocenters. The van der Waals surface area contributed by atoms with Crippen LogP contribution in [0.5, 0.6) is 0 Å². The first-order valence-electron chi connectivity index (χ1n) is 6.48. The van der Waals surface area contributed by atoms with E-state index < -0.39 is 15.1 Å². The van der Waals surface area contributed by atoms with Gasteiger partial charge in [0.25, 0.3) is 0 Å². The average molecular weight is 313 g/mol. The molecule has 7 nitrogen and oxygen atoms in total. The van der Waals surface area contributed by atoms with Crippen molar-refractivity contribution in [2.24, 2.45) is 5.11 Å². The molecule has 0 atom stereocenters. The standard InChI is InChI=1S/C12H16FN5O2S/c1-9-10(8-18-4-2-15-3-5-18)6-11(21(13,19)20)7-12(9)16-17-14/h6-7,15H,2-5,8H2,1H3. The summed E-state index contributed by atoms with van der Waals surface area (Å²) in [5.41, 5.74) is 10.0. The summed E-state index contributed by atoms with van der Waals surface area (Å²) in [6, 6.07) is 2.37. The highest BCUT2D eigenvalue weighted by Gasteiger charge is 2.18. The average Bonchev–Trinajstić information content (AvgIpc) is 2.43. The highest BCUT2D eigenvalue weighted by atomic mass is 32.3. The van der Waals surface area contributed by atoms with Gasteiger partial charge < -0.3 is 5.32 Å². The van der Waals surface area contributed by atoms with E-state index in [0.29, 0.717) is 17.7 Å². The first kappa shape index (κ1) is 15.7. The maximum atomic E-state index is 13.2. The smallest absolute Gasteiger partial charge is 0.314 e.